The molecule has 0 aliphatic heterocycles. The lowest BCUT2D eigenvalue weighted by molar-refractivity contribution is 0.0990. The fraction of sp³-hybridized carbons (Fsp3) is 0.667. The van der Waals surface area contributed by atoms with E-state index in [9.17, 15) is 5.11 Å². The van der Waals surface area contributed by atoms with Crippen LogP contribution in [0.5, 0.6) is 11.5 Å². The van der Waals surface area contributed by atoms with Crippen molar-refractivity contribution in [1.29, 1.82) is 0 Å². The lowest BCUT2D eigenvalue weighted by atomic mass is 9.86. The third-order valence-electron chi connectivity index (χ3n) is 3.29. The molecule has 1 unspecified atom stereocenters. The highest BCUT2D eigenvalue weighted by Crippen LogP contribution is 2.34. The van der Waals surface area contributed by atoms with Crippen molar-refractivity contribution in [2.45, 2.75) is 58.6 Å². The molecule has 0 saturated heterocycles. The summed E-state index contributed by atoms with van der Waals surface area (Å²) in [6.07, 6.45) is -0.547. The molecule has 0 aliphatic carbocycles. The third-order valence-corrected chi connectivity index (χ3v) is 3.29. The number of ether oxygens (including phenoxy) is 2. The maximum absolute atomic E-state index is 10.1. The van der Waals surface area contributed by atoms with Crippen LogP contribution in [0.2, 0.25) is 0 Å². The second-order valence-electron chi connectivity index (χ2n) is 7.71. The van der Waals surface area contributed by atoms with Gasteiger partial charge >= 0.3 is 0 Å². The van der Waals surface area contributed by atoms with E-state index in [2.05, 4.69) is 46.9 Å². The van der Waals surface area contributed by atoms with Crippen LogP contribution in [0.15, 0.2) is 18.2 Å². The zero-order valence-electron chi connectivity index (χ0n) is 15.0. The summed E-state index contributed by atoms with van der Waals surface area (Å²) in [6.45, 7) is 13.4. The predicted molar refractivity (Wildman–Crippen MR) is 91.0 cm³/mol. The quantitative estimate of drug-likeness (QED) is 0.848. The molecule has 1 aromatic carbocycles. The molecule has 126 valence electrons. The molecule has 2 N–H and O–H groups in total. The van der Waals surface area contributed by atoms with Crippen molar-refractivity contribution < 1.29 is 14.6 Å². The van der Waals surface area contributed by atoms with Crippen molar-refractivity contribution in [1.82, 2.24) is 5.32 Å². The van der Waals surface area contributed by atoms with Gasteiger partial charge in [0.1, 0.15) is 24.2 Å². The molecule has 0 amide bonds. The summed E-state index contributed by atoms with van der Waals surface area (Å²) < 4.78 is 11.1. The Bertz CT molecular complexity index is 472. The minimum atomic E-state index is -0.547. The van der Waals surface area contributed by atoms with Crippen molar-refractivity contribution in [3.63, 3.8) is 0 Å². The van der Waals surface area contributed by atoms with E-state index < -0.39 is 6.10 Å². The molecular weight excluding hydrogens is 278 g/mol. The molecule has 1 atom stereocenters. The summed E-state index contributed by atoms with van der Waals surface area (Å²) in [5, 5.41) is 13.3. The highest BCUT2D eigenvalue weighted by Gasteiger charge is 2.21. The summed E-state index contributed by atoms with van der Waals surface area (Å²) in [7, 11) is 1.66. The molecule has 0 heterocycles. The number of β-amino-alcohol motifs (C(OH)–C–C–N with tert-alkyl or cyclic N) is 1. The number of methoxy groups -OCH3 is 1. The van der Waals surface area contributed by atoms with E-state index in [0.29, 0.717) is 6.54 Å². The summed E-state index contributed by atoms with van der Waals surface area (Å²) in [5.41, 5.74) is 0.999. The first-order valence-electron chi connectivity index (χ1n) is 7.77. The van der Waals surface area contributed by atoms with Gasteiger partial charge in [-0.25, -0.2) is 0 Å². The Balaban J connectivity index is 2.73. The first-order valence-corrected chi connectivity index (χ1v) is 7.77. The van der Waals surface area contributed by atoms with Crippen molar-refractivity contribution in [2.24, 2.45) is 0 Å². The van der Waals surface area contributed by atoms with Gasteiger partial charge in [0.2, 0.25) is 0 Å². The lowest BCUT2D eigenvalue weighted by Crippen LogP contribution is -2.42. The van der Waals surface area contributed by atoms with Crippen molar-refractivity contribution in [2.75, 3.05) is 20.3 Å². The topological polar surface area (TPSA) is 50.7 Å². The van der Waals surface area contributed by atoms with Crippen LogP contribution in [0.25, 0.3) is 0 Å². The molecule has 4 heteroatoms. The van der Waals surface area contributed by atoms with Gasteiger partial charge in [-0.1, -0.05) is 20.8 Å². The van der Waals surface area contributed by atoms with Crippen LogP contribution < -0.4 is 14.8 Å². The molecule has 1 rings (SSSR count). The van der Waals surface area contributed by atoms with E-state index in [1.54, 1.807) is 7.11 Å². The van der Waals surface area contributed by atoms with Crippen LogP contribution in [-0.4, -0.2) is 37.0 Å². The van der Waals surface area contributed by atoms with Gasteiger partial charge in [0.25, 0.3) is 0 Å². The molecule has 22 heavy (non-hydrogen) atoms. The number of rotatable bonds is 6. The Kier molecular flexibility index (Phi) is 6.27. The van der Waals surface area contributed by atoms with Gasteiger partial charge in [0.15, 0.2) is 0 Å². The zero-order valence-corrected chi connectivity index (χ0v) is 15.0. The van der Waals surface area contributed by atoms with Gasteiger partial charge in [-0.15, -0.1) is 0 Å². The third kappa shape index (κ3) is 6.24. The minimum Gasteiger partial charge on any atom is -0.497 e. The normalized spacial score (nSPS) is 13.8. The van der Waals surface area contributed by atoms with E-state index >= 15 is 0 Å². The molecule has 1 aromatic rings. The first kappa shape index (κ1) is 18.8. The van der Waals surface area contributed by atoms with Crippen LogP contribution in [-0.2, 0) is 5.41 Å². The standard InChI is InChI=1S/C18H31NO3/c1-17(2,3)15-10-14(21-7)8-9-16(15)22-12-13(20)11-19-18(4,5)6/h8-10,13,19-20H,11-12H2,1-7H3. The molecule has 0 spiro atoms. The molecule has 0 aliphatic rings. The fourth-order valence-corrected chi connectivity index (χ4v) is 2.02. The Morgan fingerprint density at radius 2 is 1.77 bits per heavy atom. The maximum Gasteiger partial charge on any atom is 0.123 e. The summed E-state index contributed by atoms with van der Waals surface area (Å²) in [4.78, 5) is 0. The van der Waals surface area contributed by atoms with E-state index in [0.717, 1.165) is 17.1 Å². The second kappa shape index (κ2) is 7.34. The zero-order chi connectivity index (χ0) is 17.0. The predicted octanol–water partition coefficient (Wildman–Crippen LogP) is 3.12. The van der Waals surface area contributed by atoms with Gasteiger partial charge in [-0.05, 0) is 44.4 Å². The highest BCUT2D eigenvalue weighted by molar-refractivity contribution is 5.44. The molecule has 0 saturated carbocycles. The Morgan fingerprint density at radius 1 is 1.14 bits per heavy atom. The number of benzene rings is 1. The average molecular weight is 309 g/mol. The molecule has 0 radical (unpaired) electrons. The lowest BCUT2D eigenvalue weighted by Gasteiger charge is -2.25. The van der Waals surface area contributed by atoms with E-state index in [1.807, 2.05) is 18.2 Å². The molecule has 4 nitrogen and oxygen atoms in total. The van der Waals surface area contributed by atoms with Gasteiger partial charge in [-0.3, -0.25) is 0 Å². The van der Waals surface area contributed by atoms with Gasteiger partial charge < -0.3 is 19.9 Å². The van der Waals surface area contributed by atoms with Crippen LogP contribution >= 0.6 is 0 Å². The van der Waals surface area contributed by atoms with Crippen LogP contribution in [0.3, 0.4) is 0 Å². The van der Waals surface area contributed by atoms with Gasteiger partial charge in [-0.2, -0.15) is 0 Å². The summed E-state index contributed by atoms with van der Waals surface area (Å²) in [5.74, 6) is 1.61. The number of hydrogen-bond acceptors (Lipinski definition) is 4. The second-order valence-corrected chi connectivity index (χ2v) is 7.71. The number of aliphatic hydroxyl groups excluding tert-OH is 1. The molecule has 0 aromatic heterocycles. The SMILES string of the molecule is COc1ccc(OCC(O)CNC(C)(C)C)c(C(C)(C)C)c1. The Hall–Kier alpha value is -1.26. The highest BCUT2D eigenvalue weighted by atomic mass is 16.5. The van der Waals surface area contributed by atoms with Crippen molar-refractivity contribution >= 4 is 0 Å². The smallest absolute Gasteiger partial charge is 0.123 e. The first-order chi connectivity index (χ1) is 10.0. The van der Waals surface area contributed by atoms with Gasteiger partial charge in [0.05, 0.1) is 7.11 Å². The molecule has 0 bridgehead atoms. The maximum atomic E-state index is 10.1. The number of nitrogens with one attached hydrogen (secondary N) is 1. The Morgan fingerprint density at radius 3 is 2.27 bits per heavy atom. The van der Waals surface area contributed by atoms with Crippen LogP contribution in [0.4, 0.5) is 0 Å². The van der Waals surface area contributed by atoms with Crippen molar-refractivity contribution in [3.05, 3.63) is 23.8 Å². The van der Waals surface area contributed by atoms with E-state index in [1.165, 1.54) is 0 Å². The average Bonchev–Trinajstić information content (AvgIpc) is 2.41. The number of aliphatic hydroxyl groups is 1. The molecular formula is C18H31NO3. The van der Waals surface area contributed by atoms with Crippen LogP contribution in [0, 0.1) is 0 Å². The molecule has 0 fully saturated rings. The number of hydrogen-bond donors (Lipinski definition) is 2. The van der Waals surface area contributed by atoms with E-state index in [4.69, 9.17) is 9.47 Å². The van der Waals surface area contributed by atoms with Crippen LogP contribution in [0.1, 0.15) is 47.1 Å². The van der Waals surface area contributed by atoms with Gasteiger partial charge in [0, 0.05) is 17.6 Å². The summed E-state index contributed by atoms with van der Waals surface area (Å²) >= 11 is 0. The summed E-state index contributed by atoms with van der Waals surface area (Å²) in [6, 6.07) is 5.78. The monoisotopic (exact) mass is 309 g/mol. The fourth-order valence-electron chi connectivity index (χ4n) is 2.02. The Labute approximate surface area is 134 Å². The van der Waals surface area contributed by atoms with E-state index in [-0.39, 0.29) is 17.6 Å². The largest absolute Gasteiger partial charge is 0.497 e. The van der Waals surface area contributed by atoms with Crippen molar-refractivity contribution in [3.8, 4) is 11.5 Å². The minimum absolute atomic E-state index is 0.0162.